The van der Waals surface area contributed by atoms with Crippen LogP contribution >= 0.6 is 35.6 Å². The van der Waals surface area contributed by atoms with Gasteiger partial charge in [-0.05, 0) is 57.4 Å². The number of aliphatic imine (C=N–C) groups is 1. The Bertz CT molecular complexity index is 724. The quantitative estimate of drug-likeness (QED) is 0.366. The van der Waals surface area contributed by atoms with E-state index in [0.717, 1.165) is 35.2 Å². The Morgan fingerprint density at radius 1 is 1.27 bits per heavy atom. The molecule has 1 aromatic carbocycles. The highest BCUT2D eigenvalue weighted by atomic mass is 127. The summed E-state index contributed by atoms with van der Waals surface area (Å²) in [6.07, 6.45) is 0.914. The maximum atomic E-state index is 5.93. The molecule has 0 amide bonds. The third kappa shape index (κ3) is 6.46. The van der Waals surface area contributed by atoms with Crippen molar-refractivity contribution in [1.82, 2.24) is 20.4 Å². The van der Waals surface area contributed by atoms with Crippen LogP contribution in [0.15, 0.2) is 29.3 Å². The Hall–Kier alpha value is -1.28. The number of hydrogen-bond donors (Lipinski definition) is 2. The van der Waals surface area contributed by atoms with E-state index >= 15 is 0 Å². The summed E-state index contributed by atoms with van der Waals surface area (Å²) in [5.74, 6) is 0.823. The minimum atomic E-state index is 0. The van der Waals surface area contributed by atoms with E-state index in [-0.39, 0.29) is 30.0 Å². The molecular weight excluding hydrogens is 461 g/mol. The number of nitrogens with zero attached hydrogens (tertiary/aromatic N) is 3. The number of halogens is 2. The monoisotopic (exact) mass is 489 g/mol. The summed E-state index contributed by atoms with van der Waals surface area (Å²) in [5.41, 5.74) is 4.75. The molecule has 7 heteroatoms. The molecule has 1 atom stereocenters. The average molecular weight is 490 g/mol. The highest BCUT2D eigenvalue weighted by Gasteiger charge is 2.13. The third-order valence-corrected chi connectivity index (χ3v) is 4.48. The van der Waals surface area contributed by atoms with Gasteiger partial charge in [-0.25, -0.2) is 4.99 Å². The van der Waals surface area contributed by atoms with E-state index in [0.29, 0.717) is 6.54 Å². The SMILES string of the molecule is CCNC(=NCc1ccc(Cl)cc1)NC(C)Cc1c(C)nn(C)c1C.I. The molecule has 2 N–H and O–H groups in total. The van der Waals surface area contributed by atoms with Crippen LogP contribution in [-0.2, 0) is 20.0 Å². The molecule has 0 spiro atoms. The van der Waals surface area contributed by atoms with Crippen LogP contribution in [0.25, 0.3) is 0 Å². The summed E-state index contributed by atoms with van der Waals surface area (Å²) in [4.78, 5) is 4.68. The number of guanidine groups is 1. The van der Waals surface area contributed by atoms with Gasteiger partial charge in [0.05, 0.1) is 12.2 Å². The van der Waals surface area contributed by atoms with Crippen molar-refractivity contribution in [2.24, 2.45) is 12.0 Å². The number of hydrogen-bond acceptors (Lipinski definition) is 2. The molecule has 0 radical (unpaired) electrons. The van der Waals surface area contributed by atoms with Gasteiger partial charge in [-0.3, -0.25) is 4.68 Å². The zero-order valence-electron chi connectivity index (χ0n) is 16.1. The van der Waals surface area contributed by atoms with Crippen LogP contribution < -0.4 is 10.6 Å². The molecule has 0 aliphatic heterocycles. The standard InChI is InChI=1S/C19H28ClN5.HI/c1-6-21-19(22-12-16-7-9-17(20)10-8-16)23-13(2)11-18-14(3)24-25(5)15(18)4;/h7-10,13H,6,11-12H2,1-5H3,(H2,21,22,23);1H. The number of benzene rings is 1. The number of nitrogens with one attached hydrogen (secondary N) is 2. The lowest BCUT2D eigenvalue weighted by Gasteiger charge is -2.18. The number of aromatic nitrogens is 2. The van der Waals surface area contributed by atoms with Crippen LogP contribution in [0.4, 0.5) is 0 Å². The highest BCUT2D eigenvalue weighted by Crippen LogP contribution is 2.14. The third-order valence-electron chi connectivity index (χ3n) is 4.23. The lowest BCUT2D eigenvalue weighted by atomic mass is 10.1. The van der Waals surface area contributed by atoms with Crippen molar-refractivity contribution in [1.29, 1.82) is 0 Å². The normalized spacial score (nSPS) is 12.5. The molecule has 0 aliphatic carbocycles. The highest BCUT2D eigenvalue weighted by molar-refractivity contribution is 14.0. The van der Waals surface area contributed by atoms with E-state index < -0.39 is 0 Å². The molecule has 0 fully saturated rings. The Kier molecular flexibility index (Phi) is 9.43. The summed E-state index contributed by atoms with van der Waals surface area (Å²) in [7, 11) is 1.99. The summed E-state index contributed by atoms with van der Waals surface area (Å²) in [6, 6.07) is 8.04. The first-order chi connectivity index (χ1) is 11.9. The van der Waals surface area contributed by atoms with E-state index in [1.54, 1.807) is 0 Å². The summed E-state index contributed by atoms with van der Waals surface area (Å²) >= 11 is 5.93. The van der Waals surface area contributed by atoms with Gasteiger partial charge < -0.3 is 10.6 Å². The van der Waals surface area contributed by atoms with Gasteiger partial charge in [-0.15, -0.1) is 24.0 Å². The Morgan fingerprint density at radius 3 is 2.46 bits per heavy atom. The van der Waals surface area contributed by atoms with Crippen LogP contribution in [0.2, 0.25) is 5.02 Å². The second-order valence-corrected chi connectivity index (χ2v) is 6.78. The first kappa shape index (κ1) is 22.8. The molecule has 1 aromatic heterocycles. The van der Waals surface area contributed by atoms with E-state index in [1.165, 1.54) is 11.3 Å². The molecule has 1 heterocycles. The maximum absolute atomic E-state index is 5.93. The summed E-state index contributed by atoms with van der Waals surface area (Å²) in [6.45, 7) is 9.85. The molecule has 0 aliphatic rings. The minimum Gasteiger partial charge on any atom is -0.357 e. The van der Waals surface area contributed by atoms with Gasteiger partial charge in [0.2, 0.25) is 0 Å². The Morgan fingerprint density at radius 2 is 1.92 bits per heavy atom. The molecule has 0 saturated heterocycles. The molecule has 2 rings (SSSR count). The lowest BCUT2D eigenvalue weighted by molar-refractivity contribution is 0.636. The smallest absolute Gasteiger partial charge is 0.191 e. The fourth-order valence-corrected chi connectivity index (χ4v) is 2.91. The van der Waals surface area contributed by atoms with Crippen molar-refractivity contribution in [3.05, 3.63) is 51.8 Å². The predicted octanol–water partition coefficient (Wildman–Crippen LogP) is 3.99. The van der Waals surface area contributed by atoms with Crippen molar-refractivity contribution >= 4 is 41.5 Å². The second kappa shape index (κ2) is 10.8. The largest absolute Gasteiger partial charge is 0.357 e. The van der Waals surface area contributed by atoms with Crippen LogP contribution in [0.3, 0.4) is 0 Å². The van der Waals surface area contributed by atoms with E-state index in [2.05, 4.69) is 48.4 Å². The lowest BCUT2D eigenvalue weighted by Crippen LogP contribution is -2.43. The van der Waals surface area contributed by atoms with Crippen molar-refractivity contribution < 1.29 is 0 Å². The Labute approximate surface area is 178 Å². The topological polar surface area (TPSA) is 54.2 Å². The number of rotatable bonds is 6. The number of aryl methyl sites for hydroxylation is 2. The average Bonchev–Trinajstić information content (AvgIpc) is 2.80. The Balaban J connectivity index is 0.00000338. The van der Waals surface area contributed by atoms with Crippen LogP contribution in [0.5, 0.6) is 0 Å². The van der Waals surface area contributed by atoms with E-state index in [9.17, 15) is 0 Å². The first-order valence-electron chi connectivity index (χ1n) is 8.69. The maximum Gasteiger partial charge on any atom is 0.191 e. The molecule has 0 bridgehead atoms. The molecule has 2 aromatic rings. The molecule has 144 valence electrons. The van der Waals surface area contributed by atoms with Crippen molar-refractivity contribution in [2.45, 2.75) is 46.7 Å². The van der Waals surface area contributed by atoms with Crippen molar-refractivity contribution in [3.63, 3.8) is 0 Å². The van der Waals surface area contributed by atoms with Crippen molar-refractivity contribution in [2.75, 3.05) is 6.54 Å². The van der Waals surface area contributed by atoms with Gasteiger partial charge in [0.1, 0.15) is 0 Å². The van der Waals surface area contributed by atoms with Gasteiger partial charge >= 0.3 is 0 Å². The zero-order valence-corrected chi connectivity index (χ0v) is 19.2. The fourth-order valence-electron chi connectivity index (χ4n) is 2.78. The molecule has 5 nitrogen and oxygen atoms in total. The van der Waals surface area contributed by atoms with Gasteiger partial charge in [-0.2, -0.15) is 5.10 Å². The predicted molar refractivity (Wildman–Crippen MR) is 121 cm³/mol. The van der Waals surface area contributed by atoms with E-state index in [1.807, 2.05) is 36.0 Å². The van der Waals surface area contributed by atoms with Gasteiger partial charge in [0.25, 0.3) is 0 Å². The van der Waals surface area contributed by atoms with Crippen LogP contribution in [-0.4, -0.2) is 28.3 Å². The second-order valence-electron chi connectivity index (χ2n) is 6.34. The van der Waals surface area contributed by atoms with Crippen LogP contribution in [0.1, 0.15) is 36.4 Å². The zero-order chi connectivity index (χ0) is 18.4. The van der Waals surface area contributed by atoms with Crippen LogP contribution in [0, 0.1) is 13.8 Å². The summed E-state index contributed by atoms with van der Waals surface area (Å²) < 4.78 is 1.94. The van der Waals surface area contributed by atoms with Gasteiger partial charge in [-0.1, -0.05) is 23.7 Å². The minimum absolute atomic E-state index is 0. The fraction of sp³-hybridized carbons (Fsp3) is 0.474. The van der Waals surface area contributed by atoms with Gasteiger partial charge in [0, 0.05) is 30.4 Å². The molecule has 0 saturated carbocycles. The van der Waals surface area contributed by atoms with Gasteiger partial charge in [0.15, 0.2) is 5.96 Å². The summed E-state index contributed by atoms with van der Waals surface area (Å²) in [5, 5.41) is 12.0. The molecule has 26 heavy (non-hydrogen) atoms. The van der Waals surface area contributed by atoms with E-state index in [4.69, 9.17) is 11.6 Å². The molecular formula is C19H29ClIN5. The first-order valence-corrected chi connectivity index (χ1v) is 9.06. The van der Waals surface area contributed by atoms with Crippen molar-refractivity contribution in [3.8, 4) is 0 Å². The molecule has 1 unspecified atom stereocenters.